The summed E-state index contributed by atoms with van der Waals surface area (Å²) >= 11 is 0. The number of fused-ring (bicyclic) bond motifs is 1. The summed E-state index contributed by atoms with van der Waals surface area (Å²) in [6.07, 6.45) is 2.42. The highest BCUT2D eigenvalue weighted by atomic mass is 16.5. The van der Waals surface area contributed by atoms with Crippen LogP contribution >= 0.6 is 0 Å². The minimum atomic E-state index is -0.584. The lowest BCUT2D eigenvalue weighted by molar-refractivity contribution is -0.135. The van der Waals surface area contributed by atoms with E-state index in [1.807, 2.05) is 18.2 Å². The predicted octanol–water partition coefficient (Wildman–Crippen LogP) is 3.00. The van der Waals surface area contributed by atoms with E-state index >= 15 is 0 Å². The third-order valence-electron chi connectivity index (χ3n) is 4.57. The quantitative estimate of drug-likeness (QED) is 0.545. The summed E-state index contributed by atoms with van der Waals surface area (Å²) in [6, 6.07) is 12.8. The van der Waals surface area contributed by atoms with Crippen LogP contribution in [-0.2, 0) is 22.5 Å². The van der Waals surface area contributed by atoms with E-state index in [0.29, 0.717) is 36.8 Å². The molecule has 6 nitrogen and oxygen atoms in total. The zero-order valence-electron chi connectivity index (χ0n) is 15.8. The molecular weight excluding hydrogens is 358 g/mol. The van der Waals surface area contributed by atoms with Gasteiger partial charge in [-0.2, -0.15) is 0 Å². The van der Waals surface area contributed by atoms with Gasteiger partial charge in [0.15, 0.2) is 18.1 Å². The number of ether oxygens (including phenoxy) is 3. The maximum atomic E-state index is 12.4. The van der Waals surface area contributed by atoms with Crippen LogP contribution in [0.25, 0.3) is 0 Å². The van der Waals surface area contributed by atoms with Gasteiger partial charge in [-0.3, -0.25) is 4.79 Å². The summed E-state index contributed by atoms with van der Waals surface area (Å²) in [5.74, 6) is 0.123. The third kappa shape index (κ3) is 4.52. The van der Waals surface area contributed by atoms with Crippen LogP contribution in [0.3, 0.4) is 0 Å². The van der Waals surface area contributed by atoms with Crippen molar-refractivity contribution in [1.82, 2.24) is 4.90 Å². The minimum Gasteiger partial charge on any atom is -0.493 e. The first-order valence-electron chi connectivity index (χ1n) is 9.05. The zero-order valence-corrected chi connectivity index (χ0v) is 15.8. The zero-order chi connectivity index (χ0) is 19.9. The first kappa shape index (κ1) is 19.5. The van der Waals surface area contributed by atoms with Crippen molar-refractivity contribution < 1.29 is 23.8 Å². The van der Waals surface area contributed by atoms with Gasteiger partial charge >= 0.3 is 5.97 Å². The maximum absolute atomic E-state index is 12.4. The van der Waals surface area contributed by atoms with E-state index in [9.17, 15) is 9.59 Å². The van der Waals surface area contributed by atoms with Gasteiger partial charge in [0.05, 0.1) is 12.7 Å². The van der Waals surface area contributed by atoms with Crippen LogP contribution in [-0.4, -0.2) is 43.6 Å². The summed E-state index contributed by atoms with van der Waals surface area (Å²) in [5.41, 5.74) is 2.68. The molecule has 0 bridgehead atoms. The van der Waals surface area contributed by atoms with Crippen molar-refractivity contribution in [3.8, 4) is 11.5 Å². The van der Waals surface area contributed by atoms with Crippen molar-refractivity contribution in [3.05, 3.63) is 71.8 Å². The van der Waals surface area contributed by atoms with Crippen molar-refractivity contribution in [2.45, 2.75) is 13.0 Å². The molecule has 146 valence electrons. The second-order valence-electron chi connectivity index (χ2n) is 6.38. The lowest BCUT2D eigenvalue weighted by Gasteiger charge is -2.28. The fourth-order valence-corrected chi connectivity index (χ4v) is 3.07. The number of hydrogen-bond acceptors (Lipinski definition) is 5. The summed E-state index contributed by atoms with van der Waals surface area (Å²) in [6.45, 7) is 4.79. The van der Waals surface area contributed by atoms with Crippen LogP contribution in [0.1, 0.15) is 21.5 Å². The summed E-state index contributed by atoms with van der Waals surface area (Å²) in [4.78, 5) is 26.5. The number of methoxy groups -OCH3 is 1. The van der Waals surface area contributed by atoms with Gasteiger partial charge in [0, 0.05) is 13.1 Å². The minimum absolute atomic E-state index is 0.208. The molecule has 3 rings (SSSR count). The Kier molecular flexibility index (Phi) is 6.32. The molecule has 0 atom stereocenters. The molecule has 6 heteroatoms. The van der Waals surface area contributed by atoms with Crippen molar-refractivity contribution in [2.24, 2.45) is 0 Å². The second-order valence-corrected chi connectivity index (χ2v) is 6.38. The van der Waals surface area contributed by atoms with Crippen LogP contribution in [0.5, 0.6) is 11.5 Å². The first-order chi connectivity index (χ1) is 13.6. The molecule has 0 saturated carbocycles. The van der Waals surface area contributed by atoms with Gasteiger partial charge in [-0.25, -0.2) is 4.79 Å². The average molecular weight is 381 g/mol. The van der Waals surface area contributed by atoms with Gasteiger partial charge in [0.1, 0.15) is 6.61 Å². The molecule has 0 unspecified atom stereocenters. The summed E-state index contributed by atoms with van der Waals surface area (Å²) in [7, 11) is 1.49. The third-order valence-corrected chi connectivity index (χ3v) is 4.57. The van der Waals surface area contributed by atoms with Crippen LogP contribution in [0, 0.1) is 0 Å². The van der Waals surface area contributed by atoms with Gasteiger partial charge < -0.3 is 19.1 Å². The SMILES string of the molecule is C=CCOc1ccc(C(=O)OCC(=O)N2CCc3ccccc3C2)cc1OC. The van der Waals surface area contributed by atoms with E-state index in [-0.39, 0.29) is 12.5 Å². The van der Waals surface area contributed by atoms with Gasteiger partial charge in [-0.15, -0.1) is 0 Å². The predicted molar refractivity (Wildman–Crippen MR) is 105 cm³/mol. The molecule has 1 aliphatic heterocycles. The maximum Gasteiger partial charge on any atom is 0.338 e. The van der Waals surface area contributed by atoms with Gasteiger partial charge in [0.2, 0.25) is 0 Å². The van der Waals surface area contributed by atoms with Crippen LogP contribution in [0.15, 0.2) is 55.1 Å². The largest absolute Gasteiger partial charge is 0.493 e. The van der Waals surface area contributed by atoms with Crippen molar-refractivity contribution in [3.63, 3.8) is 0 Å². The first-order valence-corrected chi connectivity index (χ1v) is 9.05. The highest BCUT2D eigenvalue weighted by Crippen LogP contribution is 2.28. The van der Waals surface area contributed by atoms with Gasteiger partial charge in [-0.1, -0.05) is 36.9 Å². The van der Waals surface area contributed by atoms with E-state index in [1.165, 1.54) is 18.7 Å². The second kappa shape index (κ2) is 9.08. The molecule has 2 aromatic carbocycles. The Balaban J connectivity index is 1.58. The normalized spacial score (nSPS) is 12.7. The smallest absolute Gasteiger partial charge is 0.338 e. The number of carbonyl (C=O) groups is 2. The molecule has 0 radical (unpaired) electrons. The number of nitrogens with zero attached hydrogens (tertiary/aromatic N) is 1. The molecule has 1 heterocycles. The molecule has 0 aliphatic carbocycles. The van der Waals surface area contributed by atoms with E-state index in [0.717, 1.165) is 12.0 Å². The fraction of sp³-hybridized carbons (Fsp3) is 0.273. The van der Waals surface area contributed by atoms with Crippen molar-refractivity contribution >= 4 is 11.9 Å². The number of carbonyl (C=O) groups excluding carboxylic acids is 2. The Hall–Kier alpha value is -3.28. The molecular formula is C22H23NO5. The van der Waals surface area contributed by atoms with Crippen LogP contribution < -0.4 is 9.47 Å². The van der Waals surface area contributed by atoms with E-state index in [2.05, 4.69) is 12.6 Å². The standard InChI is InChI=1S/C22H23NO5/c1-3-12-27-19-9-8-17(13-20(19)26-2)22(25)28-15-21(24)23-11-10-16-6-4-5-7-18(16)14-23/h3-9,13H,1,10-12,14-15H2,2H3. The molecule has 0 spiro atoms. The summed E-state index contributed by atoms with van der Waals surface area (Å²) in [5, 5.41) is 0. The van der Waals surface area contributed by atoms with Gasteiger partial charge in [0.25, 0.3) is 5.91 Å². The van der Waals surface area contributed by atoms with Crippen LogP contribution in [0.2, 0.25) is 0 Å². The lowest BCUT2D eigenvalue weighted by atomic mass is 10.00. The van der Waals surface area contributed by atoms with E-state index < -0.39 is 5.97 Å². The van der Waals surface area contributed by atoms with Crippen LogP contribution in [0.4, 0.5) is 0 Å². The van der Waals surface area contributed by atoms with E-state index in [1.54, 1.807) is 23.1 Å². The molecule has 0 N–H and O–H groups in total. The Morgan fingerprint density at radius 1 is 1.14 bits per heavy atom. The van der Waals surface area contributed by atoms with Gasteiger partial charge in [-0.05, 0) is 35.7 Å². The Bertz CT molecular complexity index is 877. The van der Waals surface area contributed by atoms with Crippen molar-refractivity contribution in [2.75, 3.05) is 26.9 Å². The Morgan fingerprint density at radius 2 is 1.93 bits per heavy atom. The molecule has 0 aromatic heterocycles. The average Bonchev–Trinajstić information content (AvgIpc) is 2.75. The molecule has 1 amide bonds. The fourth-order valence-electron chi connectivity index (χ4n) is 3.07. The Labute approximate surface area is 164 Å². The number of amides is 1. The van der Waals surface area contributed by atoms with Crippen molar-refractivity contribution in [1.29, 1.82) is 0 Å². The number of rotatable bonds is 7. The molecule has 2 aromatic rings. The molecule has 0 fully saturated rings. The number of hydrogen-bond donors (Lipinski definition) is 0. The van der Waals surface area contributed by atoms with E-state index in [4.69, 9.17) is 14.2 Å². The Morgan fingerprint density at radius 3 is 2.68 bits per heavy atom. The molecule has 28 heavy (non-hydrogen) atoms. The summed E-state index contributed by atoms with van der Waals surface area (Å²) < 4.78 is 15.9. The number of esters is 1. The molecule has 0 saturated heterocycles. The molecule has 1 aliphatic rings. The topological polar surface area (TPSA) is 65.1 Å². The number of benzene rings is 2. The highest BCUT2D eigenvalue weighted by molar-refractivity contribution is 5.92. The highest BCUT2D eigenvalue weighted by Gasteiger charge is 2.22. The monoisotopic (exact) mass is 381 g/mol. The lowest BCUT2D eigenvalue weighted by Crippen LogP contribution is -2.38.